The van der Waals surface area contributed by atoms with E-state index in [9.17, 15) is 14.7 Å². The molecule has 0 spiro atoms. The van der Waals surface area contributed by atoms with Gasteiger partial charge in [0.2, 0.25) is 5.91 Å². The quantitative estimate of drug-likeness (QED) is 0.775. The monoisotopic (exact) mass is 410 g/mol. The Hall–Kier alpha value is -1.76. The second-order valence-electron chi connectivity index (χ2n) is 7.32. The molecular formula is C19H20Cl2N2O4. The summed E-state index contributed by atoms with van der Waals surface area (Å²) in [4.78, 5) is 27.6. The largest absolute Gasteiger partial charge is 0.508 e. The summed E-state index contributed by atoms with van der Waals surface area (Å²) in [5.74, 6) is -0.341. The first-order valence-corrected chi connectivity index (χ1v) is 9.68. The average molecular weight is 411 g/mol. The molecule has 2 fully saturated rings. The highest BCUT2D eigenvalue weighted by Gasteiger charge is 2.42. The number of ether oxygens (including phenoxy) is 1. The molecule has 8 heteroatoms. The normalized spacial score (nSPS) is 27.8. The van der Waals surface area contributed by atoms with Crippen LogP contribution in [-0.4, -0.2) is 58.6 Å². The summed E-state index contributed by atoms with van der Waals surface area (Å²) < 4.78 is 5.20. The van der Waals surface area contributed by atoms with Crippen LogP contribution < -0.4 is 0 Å². The maximum Gasteiger partial charge on any atom is 0.302 e. The van der Waals surface area contributed by atoms with Crippen molar-refractivity contribution in [3.8, 4) is 5.75 Å². The third kappa shape index (κ3) is 3.42. The molecule has 1 saturated carbocycles. The molecular weight excluding hydrogens is 391 g/mol. The molecule has 0 bridgehead atoms. The molecule has 0 aromatic heterocycles. The van der Waals surface area contributed by atoms with Crippen LogP contribution in [0, 0.1) is 0 Å². The molecule has 3 aliphatic rings. The predicted octanol–water partition coefficient (Wildman–Crippen LogP) is 2.92. The number of nitrogens with zero attached hydrogens (tertiary/aromatic N) is 2. The smallest absolute Gasteiger partial charge is 0.302 e. The topological polar surface area (TPSA) is 70.1 Å². The minimum absolute atomic E-state index is 0.0311. The van der Waals surface area contributed by atoms with E-state index in [-0.39, 0.29) is 35.7 Å². The molecule has 0 unspecified atom stereocenters. The lowest BCUT2D eigenvalue weighted by Crippen LogP contribution is -2.56. The molecule has 0 radical (unpaired) electrons. The zero-order valence-electron chi connectivity index (χ0n) is 14.8. The Labute approximate surface area is 167 Å². The molecule has 1 amide bonds. The second kappa shape index (κ2) is 7.00. The second-order valence-corrected chi connectivity index (χ2v) is 8.11. The number of halogens is 2. The van der Waals surface area contributed by atoms with Crippen LogP contribution >= 0.6 is 23.2 Å². The van der Waals surface area contributed by atoms with E-state index in [0.717, 1.165) is 18.5 Å². The minimum Gasteiger partial charge on any atom is -0.508 e. The summed E-state index contributed by atoms with van der Waals surface area (Å²) in [6, 6.07) is 3.32. The summed E-state index contributed by atoms with van der Waals surface area (Å²) in [6.45, 7) is 2.86. The molecule has 1 saturated heterocycles. The summed E-state index contributed by atoms with van der Waals surface area (Å²) >= 11 is 12.4. The molecule has 1 aromatic carbocycles. The first-order valence-electron chi connectivity index (χ1n) is 8.92. The van der Waals surface area contributed by atoms with E-state index in [1.54, 1.807) is 11.0 Å². The molecule has 2 heterocycles. The van der Waals surface area contributed by atoms with Gasteiger partial charge in [0.25, 0.3) is 0 Å². The van der Waals surface area contributed by atoms with Crippen molar-refractivity contribution in [3.63, 3.8) is 0 Å². The van der Waals surface area contributed by atoms with Crippen LogP contribution in [0.4, 0.5) is 0 Å². The van der Waals surface area contributed by atoms with Crippen LogP contribution in [-0.2, 0) is 14.3 Å². The number of carbonyl (C=O) groups excluding carboxylic acids is 2. The van der Waals surface area contributed by atoms with Gasteiger partial charge in [-0.25, -0.2) is 0 Å². The number of fused-ring (bicyclic) bond motifs is 1. The fourth-order valence-electron chi connectivity index (χ4n) is 4.12. The summed E-state index contributed by atoms with van der Waals surface area (Å²) in [5, 5.41) is 10.9. The van der Waals surface area contributed by atoms with Gasteiger partial charge in [0.05, 0.1) is 16.6 Å². The highest BCUT2D eigenvalue weighted by atomic mass is 35.5. The predicted molar refractivity (Wildman–Crippen MR) is 101 cm³/mol. The van der Waals surface area contributed by atoms with Crippen molar-refractivity contribution in [2.24, 2.45) is 0 Å². The van der Waals surface area contributed by atoms with Gasteiger partial charge in [0.15, 0.2) is 0 Å². The van der Waals surface area contributed by atoms with Crippen LogP contribution in [0.2, 0.25) is 10.0 Å². The molecule has 1 atom stereocenters. The lowest BCUT2D eigenvalue weighted by atomic mass is 9.87. The number of hydrogen-bond acceptors (Lipinski definition) is 5. The van der Waals surface area contributed by atoms with Crippen LogP contribution in [0.15, 0.2) is 23.9 Å². The van der Waals surface area contributed by atoms with Gasteiger partial charge in [-0.15, -0.1) is 0 Å². The summed E-state index contributed by atoms with van der Waals surface area (Å²) in [6.07, 6.45) is 3.45. The molecule has 27 heavy (non-hydrogen) atoms. The third-order valence-electron chi connectivity index (χ3n) is 5.52. The third-order valence-corrected chi connectivity index (χ3v) is 6.34. The maximum absolute atomic E-state index is 12.6. The molecule has 6 nitrogen and oxygen atoms in total. The van der Waals surface area contributed by atoms with Gasteiger partial charge >= 0.3 is 5.97 Å². The number of phenols is 1. The highest BCUT2D eigenvalue weighted by molar-refractivity contribution is 6.42. The Morgan fingerprint density at radius 2 is 2.00 bits per heavy atom. The van der Waals surface area contributed by atoms with Crippen molar-refractivity contribution < 1.29 is 19.4 Å². The molecule has 4 rings (SSSR count). The van der Waals surface area contributed by atoms with E-state index in [0.29, 0.717) is 35.2 Å². The Bertz CT molecular complexity index is 835. The van der Waals surface area contributed by atoms with Gasteiger partial charge in [0.1, 0.15) is 11.9 Å². The number of benzene rings is 1. The standard InChI is InChI=1S/C19H20Cl2N2O4/c1-10(24)27-14-5-12(6-14)22-8-13-4-11(7-23(13)17(26)9-22)18-16(25)3-2-15(20)19(18)21/h2-4,11-12,14,25H,5-9H2,1H3/t11-,12?,14?/m0/s1. The van der Waals surface area contributed by atoms with Gasteiger partial charge in [-0.1, -0.05) is 29.3 Å². The average Bonchev–Trinajstić information content (AvgIpc) is 2.98. The van der Waals surface area contributed by atoms with Crippen LogP contribution in [0.5, 0.6) is 5.75 Å². The van der Waals surface area contributed by atoms with E-state index in [4.69, 9.17) is 27.9 Å². The summed E-state index contributed by atoms with van der Waals surface area (Å²) in [7, 11) is 0. The lowest BCUT2D eigenvalue weighted by molar-refractivity contribution is -0.155. The van der Waals surface area contributed by atoms with Crippen molar-refractivity contribution in [1.82, 2.24) is 9.80 Å². The van der Waals surface area contributed by atoms with Gasteiger partial charge in [-0.3, -0.25) is 14.5 Å². The van der Waals surface area contributed by atoms with Crippen molar-refractivity contribution in [1.29, 1.82) is 0 Å². The lowest BCUT2D eigenvalue weighted by Gasteiger charge is -2.45. The van der Waals surface area contributed by atoms with E-state index < -0.39 is 0 Å². The maximum atomic E-state index is 12.6. The van der Waals surface area contributed by atoms with Gasteiger partial charge in [0, 0.05) is 56.1 Å². The van der Waals surface area contributed by atoms with E-state index in [1.807, 2.05) is 6.08 Å². The number of rotatable bonds is 3. The first kappa shape index (κ1) is 18.6. The van der Waals surface area contributed by atoms with Crippen molar-refractivity contribution >= 4 is 35.1 Å². The Morgan fingerprint density at radius 1 is 1.26 bits per heavy atom. The van der Waals surface area contributed by atoms with Gasteiger partial charge in [-0.2, -0.15) is 0 Å². The van der Waals surface area contributed by atoms with E-state index in [1.165, 1.54) is 13.0 Å². The Balaban J connectivity index is 1.49. The number of phenolic OH excluding ortho intramolecular Hbond substituents is 1. The van der Waals surface area contributed by atoms with Crippen molar-refractivity contribution in [3.05, 3.63) is 39.5 Å². The highest BCUT2D eigenvalue weighted by Crippen LogP contribution is 2.42. The molecule has 1 aliphatic carbocycles. The number of esters is 1. The van der Waals surface area contributed by atoms with Gasteiger partial charge < -0.3 is 14.7 Å². The summed E-state index contributed by atoms with van der Waals surface area (Å²) in [5.41, 5.74) is 1.48. The SMILES string of the molecule is CC(=O)OC1CC(N2CC(=O)N3C[C@@H](c4c(O)ccc(Cl)c4Cl)C=C3C2)C1. The zero-order valence-corrected chi connectivity index (χ0v) is 16.3. The molecule has 2 aliphatic heterocycles. The van der Waals surface area contributed by atoms with Crippen molar-refractivity contribution in [2.75, 3.05) is 19.6 Å². The number of amides is 1. The zero-order chi connectivity index (χ0) is 19.3. The Kier molecular flexibility index (Phi) is 4.82. The Morgan fingerprint density at radius 3 is 2.70 bits per heavy atom. The first-order chi connectivity index (χ1) is 12.8. The number of aromatic hydroxyl groups is 1. The van der Waals surface area contributed by atoms with Crippen LogP contribution in [0.3, 0.4) is 0 Å². The number of piperazine rings is 1. The molecule has 1 N–H and O–H groups in total. The molecule has 1 aromatic rings. The van der Waals surface area contributed by atoms with Gasteiger partial charge in [-0.05, 0) is 12.1 Å². The number of carbonyl (C=O) groups is 2. The fourth-order valence-corrected chi connectivity index (χ4v) is 4.59. The fraction of sp³-hybridized carbons (Fsp3) is 0.474. The number of hydrogen-bond donors (Lipinski definition) is 1. The van der Waals surface area contributed by atoms with Crippen LogP contribution in [0.1, 0.15) is 31.2 Å². The minimum atomic E-state index is -0.265. The van der Waals surface area contributed by atoms with Crippen LogP contribution in [0.25, 0.3) is 0 Å². The molecule has 144 valence electrons. The van der Waals surface area contributed by atoms with Crippen molar-refractivity contribution in [2.45, 2.75) is 37.8 Å². The van der Waals surface area contributed by atoms with E-state index in [2.05, 4.69) is 4.90 Å². The van der Waals surface area contributed by atoms with E-state index >= 15 is 0 Å².